The van der Waals surface area contributed by atoms with Gasteiger partial charge in [0.2, 0.25) is 0 Å². The van der Waals surface area contributed by atoms with E-state index in [9.17, 15) is 0 Å². The van der Waals surface area contributed by atoms with E-state index in [4.69, 9.17) is 33.8 Å². The summed E-state index contributed by atoms with van der Waals surface area (Å²) in [6, 6.07) is 118. The third-order valence-corrected chi connectivity index (χ3v) is 20.2. The van der Waals surface area contributed by atoms with E-state index in [-0.39, 0.29) is 5.41 Å². The van der Waals surface area contributed by atoms with Crippen molar-refractivity contribution in [2.75, 3.05) is 0 Å². The first-order chi connectivity index (χ1) is 49.7. The van der Waals surface area contributed by atoms with Gasteiger partial charge in [0.05, 0.1) is 11.4 Å². The molecule has 19 rings (SSSR count). The highest BCUT2D eigenvalue weighted by molar-refractivity contribution is 6.11. The predicted octanol–water partition coefficient (Wildman–Crippen LogP) is 24.8. The van der Waals surface area contributed by atoms with E-state index in [0.29, 0.717) is 23.3 Å². The summed E-state index contributed by atoms with van der Waals surface area (Å²) in [5.74, 6) is 2.42. The molecule has 1 aliphatic carbocycles. The van der Waals surface area contributed by atoms with Crippen molar-refractivity contribution >= 4 is 43.9 Å². The highest BCUT2D eigenvalue weighted by Crippen LogP contribution is 2.50. The second-order valence-corrected chi connectivity index (χ2v) is 26.7. The van der Waals surface area contributed by atoms with Crippen LogP contribution in [0, 0.1) is 0 Å². The number of rotatable bonds is 12. The van der Waals surface area contributed by atoms with Crippen LogP contribution in [0.1, 0.15) is 25.0 Å². The van der Waals surface area contributed by atoms with Crippen LogP contribution in [0.2, 0.25) is 0 Å². The molecular weight excluding hydrogens is 1230 g/mol. The normalized spacial score (nSPS) is 12.3. The van der Waals surface area contributed by atoms with Crippen LogP contribution in [0.4, 0.5) is 0 Å². The van der Waals surface area contributed by atoms with Crippen LogP contribution in [0.25, 0.3) is 190 Å². The SMILES string of the molecule is CC1(C)c2ccccc2-c2ccc(-c3cccc(-c4cccc(-c5nc(-c6ccccc6)nc(-c6ccc(-c7cccc8c7oc7ccc(-c9cc(-c%10ccc%11oc%12ccccc%12c%11c%10)cc(-c%10cc(-c%11ccc(-c%12ccccc%12)cc%11)nc(-c%11ccccc%11)n%10)c9)cc78)cc6)n5)c4)c3)cc21. The number of furan rings is 2. The average Bonchev–Trinajstić information content (AvgIpc) is 1.60. The maximum absolute atomic E-state index is 6.92. The molecule has 0 saturated heterocycles. The molecule has 0 saturated carbocycles. The Balaban J connectivity index is 0.670. The number of nitrogens with zero attached hydrogens (tertiary/aromatic N) is 5. The van der Waals surface area contributed by atoms with Crippen LogP contribution in [0.5, 0.6) is 0 Å². The number of fused-ring (bicyclic) bond motifs is 9. The Kier molecular flexibility index (Phi) is 14.1. The van der Waals surface area contributed by atoms with Crippen molar-refractivity contribution in [1.82, 2.24) is 24.9 Å². The molecule has 101 heavy (non-hydrogen) atoms. The molecule has 4 aromatic heterocycles. The number of aromatic nitrogens is 5. The van der Waals surface area contributed by atoms with Gasteiger partial charge in [0.1, 0.15) is 22.3 Å². The lowest BCUT2D eigenvalue weighted by molar-refractivity contribution is 0.660. The highest BCUT2D eigenvalue weighted by Gasteiger charge is 2.35. The molecule has 7 heteroatoms. The lowest BCUT2D eigenvalue weighted by atomic mass is 9.81. The summed E-state index contributed by atoms with van der Waals surface area (Å²) in [6.45, 7) is 4.67. The number of hydrogen-bond acceptors (Lipinski definition) is 7. The van der Waals surface area contributed by atoms with E-state index in [1.54, 1.807) is 0 Å². The van der Waals surface area contributed by atoms with Crippen LogP contribution >= 0.6 is 0 Å². The molecule has 18 aromatic rings. The largest absolute Gasteiger partial charge is 0.456 e. The minimum atomic E-state index is -0.0868. The average molecular weight is 1290 g/mol. The van der Waals surface area contributed by atoms with Gasteiger partial charge in [-0.25, -0.2) is 24.9 Å². The molecule has 0 N–H and O–H groups in total. The molecular formula is C94H61N5O2. The van der Waals surface area contributed by atoms with Crippen molar-refractivity contribution in [3.8, 4) is 146 Å². The Morgan fingerprint density at radius 2 is 0.594 bits per heavy atom. The first kappa shape index (κ1) is 59.1. The molecule has 0 radical (unpaired) electrons. The van der Waals surface area contributed by atoms with E-state index >= 15 is 0 Å². The summed E-state index contributed by atoms with van der Waals surface area (Å²) in [5, 5.41) is 4.17. The maximum Gasteiger partial charge on any atom is 0.164 e. The van der Waals surface area contributed by atoms with Gasteiger partial charge >= 0.3 is 0 Å². The molecule has 0 fully saturated rings. The van der Waals surface area contributed by atoms with Crippen LogP contribution in [-0.4, -0.2) is 24.9 Å². The van der Waals surface area contributed by atoms with Gasteiger partial charge < -0.3 is 8.83 Å². The van der Waals surface area contributed by atoms with E-state index in [2.05, 4.69) is 281 Å². The zero-order chi connectivity index (χ0) is 67.1. The monoisotopic (exact) mass is 1290 g/mol. The van der Waals surface area contributed by atoms with E-state index in [1.165, 1.54) is 33.4 Å². The Morgan fingerprint density at radius 3 is 1.27 bits per heavy atom. The summed E-state index contributed by atoms with van der Waals surface area (Å²) in [4.78, 5) is 26.2. The fourth-order valence-corrected chi connectivity index (χ4v) is 14.9. The molecule has 1 aliphatic rings. The zero-order valence-electron chi connectivity index (χ0n) is 55.3. The Labute approximate surface area is 584 Å². The lowest BCUT2D eigenvalue weighted by Crippen LogP contribution is -2.14. The van der Waals surface area contributed by atoms with E-state index in [0.717, 1.165) is 144 Å². The quantitative estimate of drug-likeness (QED) is 0.120. The van der Waals surface area contributed by atoms with Gasteiger partial charge in [-0.15, -0.1) is 0 Å². The van der Waals surface area contributed by atoms with Gasteiger partial charge in [-0.05, 0) is 156 Å². The molecule has 474 valence electrons. The first-order valence-corrected chi connectivity index (χ1v) is 34.2. The second kappa shape index (κ2) is 24.1. The van der Waals surface area contributed by atoms with Crippen LogP contribution in [0.15, 0.2) is 342 Å². The molecule has 0 aliphatic heterocycles. The smallest absolute Gasteiger partial charge is 0.164 e. The zero-order valence-corrected chi connectivity index (χ0v) is 55.3. The highest BCUT2D eigenvalue weighted by atomic mass is 16.3. The third-order valence-electron chi connectivity index (χ3n) is 20.2. The predicted molar refractivity (Wildman–Crippen MR) is 413 cm³/mol. The van der Waals surface area contributed by atoms with Gasteiger partial charge in [-0.1, -0.05) is 275 Å². The topological polar surface area (TPSA) is 90.7 Å². The summed E-state index contributed by atoms with van der Waals surface area (Å²) < 4.78 is 13.3. The van der Waals surface area contributed by atoms with Crippen molar-refractivity contribution in [1.29, 1.82) is 0 Å². The molecule has 0 unspecified atom stereocenters. The van der Waals surface area contributed by atoms with Gasteiger partial charge in [0.15, 0.2) is 23.3 Å². The number of para-hydroxylation sites is 2. The summed E-state index contributed by atoms with van der Waals surface area (Å²) >= 11 is 0. The first-order valence-electron chi connectivity index (χ1n) is 34.2. The summed E-state index contributed by atoms with van der Waals surface area (Å²) in [6.07, 6.45) is 0. The van der Waals surface area contributed by atoms with Gasteiger partial charge in [-0.2, -0.15) is 0 Å². The molecule has 7 nitrogen and oxygen atoms in total. The standard InChI is InChI=1S/C94H61N5O2/c1-94(2)82-33-14-12-29-76(82)77-46-43-70(56-83(77)94)66-26-16-25-65(49-66)67-27-17-28-71(50-67)93-98-91(63-23-10-5-11-24-63)97-92(99-93)64-41-37-60(38-42-64)75-31-18-32-79-81-55-69(45-48-88(81)101-89(75)79)73-51-72(68-44-47-87-80(54-68)78-30-13-15-34-86(78)100-87)52-74(53-73)85-57-84(95-90(96-85)62-21-8-4-9-22-62)61-39-35-59(36-40-61)58-19-6-3-7-20-58/h3-57H,1-2H3. The third kappa shape index (κ3) is 10.7. The Morgan fingerprint density at radius 1 is 0.208 bits per heavy atom. The minimum absolute atomic E-state index is 0.0868. The van der Waals surface area contributed by atoms with Crippen LogP contribution in [-0.2, 0) is 5.41 Å². The summed E-state index contributed by atoms with van der Waals surface area (Å²) in [7, 11) is 0. The second-order valence-electron chi connectivity index (χ2n) is 26.7. The molecule has 0 spiro atoms. The minimum Gasteiger partial charge on any atom is -0.456 e. The van der Waals surface area contributed by atoms with Crippen LogP contribution < -0.4 is 0 Å². The van der Waals surface area contributed by atoms with Crippen molar-refractivity contribution in [3.05, 3.63) is 345 Å². The fraction of sp³-hybridized carbons (Fsp3) is 0.0319. The van der Waals surface area contributed by atoms with Crippen molar-refractivity contribution in [2.45, 2.75) is 19.3 Å². The molecule has 14 aromatic carbocycles. The fourth-order valence-electron chi connectivity index (χ4n) is 14.9. The molecule has 4 heterocycles. The van der Waals surface area contributed by atoms with Gasteiger partial charge in [-0.3, -0.25) is 0 Å². The van der Waals surface area contributed by atoms with Crippen molar-refractivity contribution in [3.63, 3.8) is 0 Å². The van der Waals surface area contributed by atoms with Crippen molar-refractivity contribution in [2.24, 2.45) is 0 Å². The van der Waals surface area contributed by atoms with Crippen molar-refractivity contribution < 1.29 is 8.83 Å². The molecule has 0 bridgehead atoms. The maximum atomic E-state index is 6.92. The Hall–Kier alpha value is -13.2. The number of hydrogen-bond donors (Lipinski definition) is 0. The molecule has 0 atom stereocenters. The number of benzene rings is 14. The van der Waals surface area contributed by atoms with Crippen LogP contribution in [0.3, 0.4) is 0 Å². The summed E-state index contributed by atoms with van der Waals surface area (Å²) in [5.41, 5.74) is 28.8. The van der Waals surface area contributed by atoms with E-state index < -0.39 is 0 Å². The van der Waals surface area contributed by atoms with Gasteiger partial charge in [0.25, 0.3) is 0 Å². The Bertz CT molecular complexity index is 6270. The van der Waals surface area contributed by atoms with Gasteiger partial charge in [0, 0.05) is 65.9 Å². The lowest BCUT2D eigenvalue weighted by Gasteiger charge is -2.22. The van der Waals surface area contributed by atoms with E-state index in [1.807, 2.05) is 66.7 Å². The molecule has 0 amide bonds.